The van der Waals surface area contributed by atoms with Gasteiger partial charge in [0, 0.05) is 62.8 Å². The Morgan fingerprint density at radius 3 is 2.20 bits per heavy atom. The first kappa shape index (κ1) is 35.3. The Bertz CT molecular complexity index is 1730. The molecule has 7 nitrogen and oxygen atoms in total. The van der Waals surface area contributed by atoms with Crippen LogP contribution in [0.5, 0.6) is 5.75 Å². The van der Waals surface area contributed by atoms with Crippen molar-refractivity contribution in [2.45, 2.75) is 68.8 Å². The van der Waals surface area contributed by atoms with Gasteiger partial charge in [0.25, 0.3) is 5.91 Å². The van der Waals surface area contributed by atoms with Gasteiger partial charge in [0.1, 0.15) is 5.75 Å². The molecule has 0 radical (unpaired) electrons. The maximum absolute atomic E-state index is 17.9. The van der Waals surface area contributed by atoms with Crippen LogP contribution >= 0.6 is 0 Å². The predicted molar refractivity (Wildman–Crippen MR) is 186 cm³/mol. The quantitative estimate of drug-likeness (QED) is 0.256. The molecule has 0 bridgehead atoms. The molecule has 1 amide bonds. The molecule has 3 aromatic carbocycles. The number of piperidine rings is 1. The third kappa shape index (κ3) is 6.69. The van der Waals surface area contributed by atoms with Gasteiger partial charge in [-0.15, -0.1) is 0 Å². The van der Waals surface area contributed by atoms with Gasteiger partial charge < -0.3 is 19.6 Å². The third-order valence-corrected chi connectivity index (χ3v) is 12.0. The zero-order valence-electron chi connectivity index (χ0n) is 29.0. The zero-order valence-corrected chi connectivity index (χ0v) is 29.0. The van der Waals surface area contributed by atoms with Crippen LogP contribution in [0.2, 0.25) is 0 Å². The summed E-state index contributed by atoms with van der Waals surface area (Å²) in [6, 6.07) is 19.3. The number of carbonyl (C=O) groups excluding carboxylic acids is 1. The lowest BCUT2D eigenvalue weighted by atomic mass is 9.84. The number of hydrogen-bond acceptors (Lipinski definition) is 5. The molecule has 0 saturated carbocycles. The summed E-state index contributed by atoms with van der Waals surface area (Å²) in [4.78, 5) is 31.9. The number of likely N-dealkylation sites (tertiary alicyclic amines) is 2. The van der Waals surface area contributed by atoms with Gasteiger partial charge in [-0.2, -0.15) is 13.2 Å². The molecule has 3 fully saturated rings. The molecule has 11 heteroatoms. The largest absolute Gasteiger partial charge is 0.497 e. The zero-order chi connectivity index (χ0) is 36.1. The van der Waals surface area contributed by atoms with E-state index in [0.717, 1.165) is 24.5 Å². The third-order valence-electron chi connectivity index (χ3n) is 12.0. The number of aliphatic carboxylic acids is 1. The Kier molecular flexibility index (Phi) is 9.54. The van der Waals surface area contributed by atoms with Crippen LogP contribution in [-0.4, -0.2) is 84.9 Å². The Balaban J connectivity index is 1.18. The number of rotatable bonds is 8. The van der Waals surface area contributed by atoms with Crippen LogP contribution in [0.3, 0.4) is 0 Å². The summed E-state index contributed by atoms with van der Waals surface area (Å²) in [6.07, 6.45) is -1.65. The Labute approximate surface area is 296 Å². The molecule has 4 atom stereocenters. The molecule has 4 aliphatic rings. The summed E-state index contributed by atoms with van der Waals surface area (Å²) >= 11 is 0. The number of carboxylic acids is 1. The van der Waals surface area contributed by atoms with Crippen molar-refractivity contribution >= 4 is 17.6 Å². The van der Waals surface area contributed by atoms with Gasteiger partial charge in [-0.3, -0.25) is 14.5 Å². The van der Waals surface area contributed by atoms with Crippen LogP contribution in [0, 0.1) is 11.8 Å². The topological polar surface area (TPSA) is 73.3 Å². The highest BCUT2D eigenvalue weighted by molar-refractivity contribution is 5.88. The first-order valence-electron chi connectivity index (χ1n) is 18.0. The van der Waals surface area contributed by atoms with E-state index in [1.54, 1.807) is 24.1 Å². The number of benzene rings is 3. The van der Waals surface area contributed by atoms with E-state index in [4.69, 9.17) is 4.74 Å². The fourth-order valence-electron chi connectivity index (χ4n) is 9.08. The van der Waals surface area contributed by atoms with Crippen molar-refractivity contribution in [2.75, 3.05) is 51.3 Å². The second-order valence-electron chi connectivity index (χ2n) is 14.8. The highest BCUT2D eigenvalue weighted by atomic mass is 19.4. The second-order valence-corrected chi connectivity index (χ2v) is 14.8. The van der Waals surface area contributed by atoms with E-state index < -0.39 is 41.1 Å². The van der Waals surface area contributed by atoms with E-state index in [0.29, 0.717) is 62.4 Å². The van der Waals surface area contributed by atoms with Crippen LogP contribution in [0.4, 0.5) is 23.2 Å². The van der Waals surface area contributed by atoms with E-state index in [1.807, 2.05) is 36.1 Å². The molecule has 3 heterocycles. The molecular weight excluding hydrogens is 662 g/mol. The summed E-state index contributed by atoms with van der Waals surface area (Å²) in [5.74, 6) is -2.48. The van der Waals surface area contributed by atoms with Gasteiger partial charge in [0.2, 0.25) is 5.67 Å². The molecule has 51 heavy (non-hydrogen) atoms. The van der Waals surface area contributed by atoms with Gasteiger partial charge in [0.05, 0.1) is 18.6 Å². The molecule has 3 saturated heterocycles. The number of carbonyl (C=O) groups is 2. The van der Waals surface area contributed by atoms with Crippen LogP contribution in [-0.2, 0) is 28.6 Å². The number of halogens is 4. The minimum atomic E-state index is -4.55. The summed E-state index contributed by atoms with van der Waals surface area (Å²) < 4.78 is 65.2. The van der Waals surface area contributed by atoms with Gasteiger partial charge in [0.15, 0.2) is 0 Å². The number of fused-ring (bicyclic) bond motifs is 1. The summed E-state index contributed by atoms with van der Waals surface area (Å²) in [5, 5.41) is 9.52. The number of methoxy groups -OCH3 is 1. The lowest BCUT2D eigenvalue weighted by Gasteiger charge is -2.35. The fraction of sp³-hybridized carbons (Fsp3) is 0.500. The number of ether oxygens (including phenoxy) is 1. The van der Waals surface area contributed by atoms with Crippen molar-refractivity contribution in [1.82, 2.24) is 9.80 Å². The van der Waals surface area contributed by atoms with Crippen molar-refractivity contribution in [3.63, 3.8) is 0 Å². The van der Waals surface area contributed by atoms with E-state index >= 15 is 4.39 Å². The number of nitrogens with zero attached hydrogens (tertiary/aromatic N) is 3. The second kappa shape index (κ2) is 13.8. The summed E-state index contributed by atoms with van der Waals surface area (Å²) in [5.41, 5.74) is 1.35. The van der Waals surface area contributed by atoms with Gasteiger partial charge >= 0.3 is 12.1 Å². The molecule has 0 aromatic heterocycles. The average Bonchev–Trinajstić information content (AvgIpc) is 3.86. The predicted octanol–water partition coefficient (Wildman–Crippen LogP) is 6.94. The molecular formula is C40H45F4N3O4. The number of alkyl halides is 4. The standard InChI is InChI=1S/C40H45F4N3O4/c1-3-25-21-46(22-34(25)33-13-10-30(40(42,43)44)20-36(33)45-16-14-27(15-17-45)37(48)49)38(50)39(41)24-47(31-18-28-6-4-5-7-29(28)19-31)23-35(39)26-8-11-32(51-2)12-9-26/h4-13,20,25,27,31,34-35H,3,14-19,21-24H2,1-2H3,(H,48,49)/t25-,34-,35-,39-/m0/s1. The van der Waals surface area contributed by atoms with Crippen LogP contribution in [0.1, 0.15) is 65.8 Å². The molecule has 0 spiro atoms. The van der Waals surface area contributed by atoms with Crippen molar-refractivity contribution < 1.29 is 37.0 Å². The highest BCUT2D eigenvalue weighted by Gasteiger charge is 2.57. The molecule has 1 N–H and O–H groups in total. The molecule has 0 unspecified atom stereocenters. The number of amides is 1. The van der Waals surface area contributed by atoms with Crippen molar-refractivity contribution in [3.8, 4) is 5.75 Å². The molecule has 3 aromatic rings. The van der Waals surface area contributed by atoms with Crippen molar-refractivity contribution in [1.29, 1.82) is 0 Å². The SMILES string of the molecule is CC[C@H]1CN(C(=O)[C@]2(F)CN(C3Cc4ccccc4C3)C[C@H]2c2ccc(OC)cc2)C[C@@H]1c1ccc(C(F)(F)F)cc1N1CCC(C(=O)O)CC1. The van der Waals surface area contributed by atoms with Gasteiger partial charge in [-0.05, 0) is 78.1 Å². The van der Waals surface area contributed by atoms with E-state index in [1.165, 1.54) is 23.3 Å². The van der Waals surface area contributed by atoms with Crippen LogP contribution in [0.15, 0.2) is 66.7 Å². The smallest absolute Gasteiger partial charge is 0.416 e. The minimum Gasteiger partial charge on any atom is -0.497 e. The van der Waals surface area contributed by atoms with Crippen LogP contribution < -0.4 is 9.64 Å². The molecule has 3 aliphatic heterocycles. The Hall–Kier alpha value is -4.12. The lowest BCUT2D eigenvalue weighted by molar-refractivity contribution is -0.143. The first-order valence-corrected chi connectivity index (χ1v) is 18.0. The van der Waals surface area contributed by atoms with Gasteiger partial charge in [-0.1, -0.05) is 55.8 Å². The van der Waals surface area contributed by atoms with E-state index in [-0.39, 0.29) is 31.0 Å². The first-order chi connectivity index (χ1) is 24.4. The Morgan fingerprint density at radius 2 is 1.61 bits per heavy atom. The van der Waals surface area contributed by atoms with E-state index in [2.05, 4.69) is 17.0 Å². The molecule has 272 valence electrons. The Morgan fingerprint density at radius 1 is 0.941 bits per heavy atom. The van der Waals surface area contributed by atoms with Gasteiger partial charge in [-0.25, -0.2) is 4.39 Å². The normalized spacial score (nSPS) is 26.1. The maximum atomic E-state index is 17.9. The molecule has 1 aliphatic carbocycles. The minimum absolute atomic E-state index is 0.0385. The lowest BCUT2D eigenvalue weighted by Crippen LogP contribution is -2.50. The summed E-state index contributed by atoms with van der Waals surface area (Å²) in [6.45, 7) is 3.47. The monoisotopic (exact) mass is 707 g/mol. The summed E-state index contributed by atoms with van der Waals surface area (Å²) in [7, 11) is 1.57. The highest BCUT2D eigenvalue weighted by Crippen LogP contribution is 2.47. The fourth-order valence-corrected chi connectivity index (χ4v) is 9.08. The van der Waals surface area contributed by atoms with Crippen molar-refractivity contribution in [2.24, 2.45) is 11.8 Å². The average molecular weight is 708 g/mol. The number of hydrogen-bond donors (Lipinski definition) is 1. The van der Waals surface area contributed by atoms with Crippen LogP contribution in [0.25, 0.3) is 0 Å². The molecule has 7 rings (SSSR count). The maximum Gasteiger partial charge on any atom is 0.416 e. The van der Waals surface area contributed by atoms with E-state index in [9.17, 15) is 27.9 Å². The number of anilines is 1. The number of carboxylic acid groups (broad SMARTS) is 1. The van der Waals surface area contributed by atoms with Crippen molar-refractivity contribution in [3.05, 3.63) is 94.5 Å².